The number of hydrogen-bond acceptors (Lipinski definition) is 3. The lowest BCUT2D eigenvalue weighted by atomic mass is 10.00. The van der Waals surface area contributed by atoms with Crippen LogP contribution in [0.2, 0.25) is 0 Å². The molecule has 2 N–H and O–H groups in total. The van der Waals surface area contributed by atoms with Crippen molar-refractivity contribution in [1.82, 2.24) is 4.57 Å². The Kier molecular flexibility index (Phi) is 2.80. The van der Waals surface area contributed by atoms with Crippen LogP contribution in [0.15, 0.2) is 29.2 Å². The Morgan fingerprint density at radius 2 is 2.28 bits per heavy atom. The number of aryl methyl sites for hydroxylation is 2. The summed E-state index contributed by atoms with van der Waals surface area (Å²) in [5.41, 5.74) is 3.28. The normalized spacial score (nSPS) is 13.8. The van der Waals surface area contributed by atoms with Crippen LogP contribution in [0.25, 0.3) is 10.9 Å². The largest absolute Gasteiger partial charge is 0.395 e. The Bertz CT molecular complexity index is 646. The van der Waals surface area contributed by atoms with E-state index in [4.69, 9.17) is 5.11 Å². The van der Waals surface area contributed by atoms with Gasteiger partial charge in [0.1, 0.15) is 0 Å². The minimum atomic E-state index is 0.0667. The van der Waals surface area contributed by atoms with Crippen LogP contribution in [0.3, 0.4) is 0 Å². The quantitative estimate of drug-likeness (QED) is 0.857. The highest BCUT2D eigenvalue weighted by Crippen LogP contribution is 2.26. The predicted molar refractivity (Wildman–Crippen MR) is 72.1 cm³/mol. The number of anilines is 1. The van der Waals surface area contributed by atoms with Gasteiger partial charge in [0.2, 0.25) is 0 Å². The van der Waals surface area contributed by atoms with Gasteiger partial charge < -0.3 is 15.0 Å². The topological polar surface area (TPSA) is 54.3 Å². The Balaban J connectivity index is 2.22. The molecule has 0 amide bonds. The second-order valence-corrected chi connectivity index (χ2v) is 4.66. The number of benzene rings is 1. The predicted octanol–water partition coefficient (Wildman–Crippen LogP) is 1.35. The first-order valence-electron chi connectivity index (χ1n) is 6.30. The van der Waals surface area contributed by atoms with Crippen molar-refractivity contribution in [3.05, 3.63) is 40.2 Å². The molecule has 4 heteroatoms. The van der Waals surface area contributed by atoms with Crippen LogP contribution in [0.5, 0.6) is 0 Å². The summed E-state index contributed by atoms with van der Waals surface area (Å²) in [7, 11) is 0. The summed E-state index contributed by atoms with van der Waals surface area (Å²) in [6, 6.07) is 5.61. The van der Waals surface area contributed by atoms with Crippen molar-refractivity contribution in [2.24, 2.45) is 0 Å². The first-order chi connectivity index (χ1) is 8.79. The average Bonchev–Trinajstić information content (AvgIpc) is 2.40. The summed E-state index contributed by atoms with van der Waals surface area (Å²) in [5.74, 6) is 0. The van der Waals surface area contributed by atoms with Crippen molar-refractivity contribution in [1.29, 1.82) is 0 Å². The number of nitrogens with zero attached hydrogens (tertiary/aromatic N) is 1. The summed E-state index contributed by atoms with van der Waals surface area (Å²) in [4.78, 5) is 12.0. The van der Waals surface area contributed by atoms with E-state index in [9.17, 15) is 4.79 Å². The number of hydrogen-bond donors (Lipinski definition) is 2. The van der Waals surface area contributed by atoms with Crippen LogP contribution in [0, 0.1) is 0 Å². The molecule has 1 aromatic heterocycles. The highest BCUT2D eigenvalue weighted by atomic mass is 16.3. The third-order valence-electron chi connectivity index (χ3n) is 3.43. The number of nitrogens with one attached hydrogen (secondary N) is 1. The second-order valence-electron chi connectivity index (χ2n) is 4.66. The minimum Gasteiger partial charge on any atom is -0.395 e. The molecule has 2 aromatic rings. The fourth-order valence-corrected chi connectivity index (χ4v) is 2.66. The van der Waals surface area contributed by atoms with Crippen molar-refractivity contribution < 1.29 is 5.11 Å². The van der Waals surface area contributed by atoms with Gasteiger partial charge in [-0.1, -0.05) is 0 Å². The molecule has 0 saturated heterocycles. The van der Waals surface area contributed by atoms with E-state index in [2.05, 4.69) is 16.0 Å². The van der Waals surface area contributed by atoms with Crippen molar-refractivity contribution in [3.63, 3.8) is 0 Å². The van der Waals surface area contributed by atoms with Gasteiger partial charge in [0.05, 0.1) is 12.1 Å². The third-order valence-corrected chi connectivity index (χ3v) is 3.43. The molecule has 0 fully saturated rings. The number of aliphatic hydroxyl groups excluding tert-OH is 1. The fourth-order valence-electron chi connectivity index (χ4n) is 2.66. The Labute approximate surface area is 105 Å². The van der Waals surface area contributed by atoms with Gasteiger partial charge in [0.15, 0.2) is 5.43 Å². The first-order valence-corrected chi connectivity index (χ1v) is 6.30. The van der Waals surface area contributed by atoms with Crippen molar-refractivity contribution in [2.45, 2.75) is 19.4 Å². The SMILES string of the molecule is O=c1ccn2c3c(cc(NCCO)cc13)CCC2. The van der Waals surface area contributed by atoms with E-state index in [1.165, 1.54) is 5.56 Å². The van der Waals surface area contributed by atoms with Crippen LogP contribution in [0.4, 0.5) is 5.69 Å². The smallest absolute Gasteiger partial charge is 0.189 e. The molecule has 0 atom stereocenters. The zero-order valence-corrected chi connectivity index (χ0v) is 10.1. The van der Waals surface area contributed by atoms with Gasteiger partial charge in [-0.3, -0.25) is 4.79 Å². The molecule has 1 aliphatic rings. The number of rotatable bonds is 3. The average molecular weight is 244 g/mol. The van der Waals surface area contributed by atoms with Crippen molar-refractivity contribution >= 4 is 16.6 Å². The molecule has 1 aromatic carbocycles. The van der Waals surface area contributed by atoms with Gasteiger partial charge >= 0.3 is 0 Å². The molecule has 1 aliphatic heterocycles. The third kappa shape index (κ3) is 1.78. The highest BCUT2D eigenvalue weighted by Gasteiger charge is 2.14. The van der Waals surface area contributed by atoms with E-state index >= 15 is 0 Å². The van der Waals surface area contributed by atoms with Gasteiger partial charge in [0.25, 0.3) is 0 Å². The maximum Gasteiger partial charge on any atom is 0.189 e. The van der Waals surface area contributed by atoms with Crippen LogP contribution < -0.4 is 10.7 Å². The molecular weight excluding hydrogens is 228 g/mol. The van der Waals surface area contributed by atoms with E-state index in [1.807, 2.05) is 12.3 Å². The van der Waals surface area contributed by atoms with Crippen LogP contribution in [-0.2, 0) is 13.0 Å². The Morgan fingerprint density at radius 3 is 3.11 bits per heavy atom. The number of aliphatic hydroxyl groups is 1. The van der Waals surface area contributed by atoms with E-state index in [0.717, 1.165) is 36.0 Å². The van der Waals surface area contributed by atoms with E-state index < -0.39 is 0 Å². The minimum absolute atomic E-state index is 0.0667. The van der Waals surface area contributed by atoms with Gasteiger partial charge in [0, 0.05) is 36.4 Å². The second kappa shape index (κ2) is 4.46. The van der Waals surface area contributed by atoms with Gasteiger partial charge in [-0.15, -0.1) is 0 Å². The zero-order valence-electron chi connectivity index (χ0n) is 10.1. The maximum atomic E-state index is 12.0. The zero-order chi connectivity index (χ0) is 12.5. The standard InChI is InChI=1S/C14H16N2O2/c17-7-4-15-11-8-10-2-1-5-16-6-3-13(18)12(9-11)14(10)16/h3,6,8-9,15,17H,1-2,4-5,7H2. The lowest BCUT2D eigenvalue weighted by Gasteiger charge is -2.20. The van der Waals surface area contributed by atoms with Gasteiger partial charge in [-0.05, 0) is 30.5 Å². The lowest BCUT2D eigenvalue weighted by molar-refractivity contribution is 0.311. The molecule has 0 radical (unpaired) electrons. The molecule has 0 saturated carbocycles. The van der Waals surface area contributed by atoms with Crippen molar-refractivity contribution in [2.75, 3.05) is 18.5 Å². The fraction of sp³-hybridized carbons (Fsp3) is 0.357. The molecule has 0 unspecified atom stereocenters. The Morgan fingerprint density at radius 1 is 1.39 bits per heavy atom. The summed E-state index contributed by atoms with van der Waals surface area (Å²) in [5, 5.41) is 12.8. The molecule has 2 heterocycles. The lowest BCUT2D eigenvalue weighted by Crippen LogP contribution is -2.15. The molecule has 18 heavy (non-hydrogen) atoms. The Hall–Kier alpha value is -1.81. The molecule has 4 nitrogen and oxygen atoms in total. The van der Waals surface area contributed by atoms with Crippen LogP contribution in [-0.4, -0.2) is 22.8 Å². The molecular formula is C14H16N2O2. The molecule has 94 valence electrons. The van der Waals surface area contributed by atoms with Crippen LogP contribution >= 0.6 is 0 Å². The van der Waals surface area contributed by atoms with Crippen LogP contribution in [0.1, 0.15) is 12.0 Å². The molecule has 0 spiro atoms. The highest BCUT2D eigenvalue weighted by molar-refractivity contribution is 5.86. The monoisotopic (exact) mass is 244 g/mol. The summed E-state index contributed by atoms with van der Waals surface area (Å²) in [6.45, 7) is 1.57. The molecule has 0 bridgehead atoms. The first kappa shape index (κ1) is 11.3. The molecule has 3 rings (SSSR count). The summed E-state index contributed by atoms with van der Waals surface area (Å²) >= 11 is 0. The number of aromatic nitrogens is 1. The molecule has 0 aliphatic carbocycles. The number of pyridine rings is 1. The van der Waals surface area contributed by atoms with Crippen molar-refractivity contribution in [3.8, 4) is 0 Å². The van der Waals surface area contributed by atoms with E-state index in [1.54, 1.807) is 6.07 Å². The van der Waals surface area contributed by atoms with E-state index in [0.29, 0.717) is 6.54 Å². The van der Waals surface area contributed by atoms with Gasteiger partial charge in [-0.2, -0.15) is 0 Å². The summed E-state index contributed by atoms with van der Waals surface area (Å²) < 4.78 is 2.16. The maximum absolute atomic E-state index is 12.0. The van der Waals surface area contributed by atoms with Gasteiger partial charge in [-0.25, -0.2) is 0 Å². The summed E-state index contributed by atoms with van der Waals surface area (Å²) in [6.07, 6.45) is 4.00. The van der Waals surface area contributed by atoms with E-state index in [-0.39, 0.29) is 12.0 Å².